The largest absolute Gasteiger partial charge is 0.491 e. The third-order valence-electron chi connectivity index (χ3n) is 5.25. The third kappa shape index (κ3) is 4.15. The normalized spacial score (nSPS) is 17.7. The fraction of sp³-hybridized carbons (Fsp3) is 0.381. The summed E-state index contributed by atoms with van der Waals surface area (Å²) in [5.74, 6) is 0.643. The van der Waals surface area contributed by atoms with Crippen LogP contribution in [0.15, 0.2) is 48.5 Å². The SMILES string of the molecule is O=C(NC1CCN(c2ccc(F)cc2)CC1)N1CCOc2ccccc2C1. The number of nitrogens with one attached hydrogen (secondary N) is 1. The van der Waals surface area contributed by atoms with Crippen LogP contribution in [-0.4, -0.2) is 43.2 Å². The maximum atomic E-state index is 13.1. The van der Waals surface area contributed by atoms with Gasteiger partial charge in [0.1, 0.15) is 18.2 Å². The number of ether oxygens (including phenoxy) is 1. The number of carbonyl (C=O) groups is 1. The summed E-state index contributed by atoms with van der Waals surface area (Å²) < 4.78 is 18.8. The molecule has 2 heterocycles. The van der Waals surface area contributed by atoms with Crippen molar-refractivity contribution < 1.29 is 13.9 Å². The summed E-state index contributed by atoms with van der Waals surface area (Å²) in [6, 6.07) is 14.6. The Hall–Kier alpha value is -2.76. The van der Waals surface area contributed by atoms with E-state index in [-0.39, 0.29) is 17.9 Å². The molecule has 27 heavy (non-hydrogen) atoms. The van der Waals surface area contributed by atoms with Gasteiger partial charge in [0.25, 0.3) is 0 Å². The van der Waals surface area contributed by atoms with Crippen molar-refractivity contribution in [1.29, 1.82) is 0 Å². The van der Waals surface area contributed by atoms with E-state index >= 15 is 0 Å². The first-order valence-corrected chi connectivity index (χ1v) is 9.46. The molecule has 2 aromatic carbocycles. The summed E-state index contributed by atoms with van der Waals surface area (Å²) >= 11 is 0. The van der Waals surface area contributed by atoms with Gasteiger partial charge in [-0.1, -0.05) is 18.2 Å². The second-order valence-corrected chi connectivity index (χ2v) is 7.06. The van der Waals surface area contributed by atoms with E-state index in [2.05, 4.69) is 10.2 Å². The second kappa shape index (κ2) is 7.86. The number of halogens is 1. The smallest absolute Gasteiger partial charge is 0.318 e. The molecule has 6 heteroatoms. The fourth-order valence-electron chi connectivity index (χ4n) is 3.70. The van der Waals surface area contributed by atoms with Gasteiger partial charge >= 0.3 is 6.03 Å². The summed E-state index contributed by atoms with van der Waals surface area (Å²) in [6.07, 6.45) is 1.76. The number of hydrogen-bond donors (Lipinski definition) is 1. The molecule has 2 aliphatic heterocycles. The van der Waals surface area contributed by atoms with Gasteiger partial charge in [0.2, 0.25) is 0 Å². The highest BCUT2D eigenvalue weighted by atomic mass is 19.1. The zero-order valence-electron chi connectivity index (χ0n) is 15.2. The van der Waals surface area contributed by atoms with Crippen molar-refractivity contribution in [2.24, 2.45) is 0 Å². The zero-order valence-corrected chi connectivity index (χ0v) is 15.2. The molecule has 2 aliphatic rings. The number of nitrogens with zero attached hydrogens (tertiary/aromatic N) is 2. The minimum absolute atomic E-state index is 0.0319. The molecule has 0 saturated carbocycles. The summed E-state index contributed by atoms with van der Waals surface area (Å²) in [5, 5.41) is 3.17. The number of para-hydroxylation sites is 1. The van der Waals surface area contributed by atoms with Crippen molar-refractivity contribution in [3.8, 4) is 5.75 Å². The number of anilines is 1. The van der Waals surface area contributed by atoms with E-state index in [1.165, 1.54) is 12.1 Å². The van der Waals surface area contributed by atoms with Crippen molar-refractivity contribution in [3.63, 3.8) is 0 Å². The average Bonchev–Trinajstić information content (AvgIpc) is 2.92. The molecule has 0 bridgehead atoms. The second-order valence-electron chi connectivity index (χ2n) is 7.06. The van der Waals surface area contributed by atoms with Gasteiger partial charge < -0.3 is 19.9 Å². The van der Waals surface area contributed by atoms with Crippen LogP contribution in [0, 0.1) is 5.82 Å². The first kappa shape index (κ1) is 17.6. The summed E-state index contributed by atoms with van der Waals surface area (Å²) in [7, 11) is 0. The number of rotatable bonds is 2. The van der Waals surface area contributed by atoms with Gasteiger partial charge in [-0.25, -0.2) is 9.18 Å². The Balaban J connectivity index is 1.31. The van der Waals surface area contributed by atoms with Crippen LogP contribution in [0.1, 0.15) is 18.4 Å². The Morgan fingerprint density at radius 3 is 2.56 bits per heavy atom. The Kier molecular flexibility index (Phi) is 5.14. The molecule has 1 N–H and O–H groups in total. The predicted octanol–water partition coefficient (Wildman–Crippen LogP) is 3.40. The van der Waals surface area contributed by atoms with E-state index in [0.717, 1.165) is 42.9 Å². The molecule has 4 rings (SSSR count). The number of carbonyl (C=O) groups excluding carboxylic acids is 1. The number of amides is 2. The summed E-state index contributed by atoms with van der Waals surface area (Å²) in [5.41, 5.74) is 2.07. The number of benzene rings is 2. The monoisotopic (exact) mass is 369 g/mol. The molecule has 0 aromatic heterocycles. The molecular weight excluding hydrogens is 345 g/mol. The van der Waals surface area contributed by atoms with Crippen LogP contribution in [0.25, 0.3) is 0 Å². The lowest BCUT2D eigenvalue weighted by molar-refractivity contribution is 0.182. The highest BCUT2D eigenvalue weighted by molar-refractivity contribution is 5.74. The molecule has 0 radical (unpaired) electrons. The lowest BCUT2D eigenvalue weighted by Gasteiger charge is -2.35. The van der Waals surface area contributed by atoms with Gasteiger partial charge in [-0.3, -0.25) is 0 Å². The van der Waals surface area contributed by atoms with Crippen LogP contribution in [0.2, 0.25) is 0 Å². The van der Waals surface area contributed by atoms with Crippen molar-refractivity contribution >= 4 is 11.7 Å². The van der Waals surface area contributed by atoms with Crippen LogP contribution >= 0.6 is 0 Å². The average molecular weight is 369 g/mol. The van der Waals surface area contributed by atoms with E-state index in [4.69, 9.17) is 4.74 Å². The van der Waals surface area contributed by atoms with Gasteiger partial charge in [0.15, 0.2) is 0 Å². The number of fused-ring (bicyclic) bond motifs is 1. The van der Waals surface area contributed by atoms with Crippen molar-refractivity contribution in [3.05, 3.63) is 59.9 Å². The van der Waals surface area contributed by atoms with E-state index in [0.29, 0.717) is 19.7 Å². The summed E-state index contributed by atoms with van der Waals surface area (Å²) in [6.45, 7) is 3.35. The van der Waals surface area contributed by atoms with Gasteiger partial charge in [-0.15, -0.1) is 0 Å². The lowest BCUT2D eigenvalue weighted by atomic mass is 10.0. The Bertz CT molecular complexity index is 788. The predicted molar refractivity (Wildman–Crippen MR) is 103 cm³/mol. The van der Waals surface area contributed by atoms with Crippen LogP contribution < -0.4 is 15.0 Å². The van der Waals surface area contributed by atoms with E-state index in [1.54, 1.807) is 0 Å². The highest BCUT2D eigenvalue weighted by Gasteiger charge is 2.25. The topological polar surface area (TPSA) is 44.8 Å². The zero-order chi connectivity index (χ0) is 18.6. The van der Waals surface area contributed by atoms with E-state index in [9.17, 15) is 9.18 Å². The lowest BCUT2D eigenvalue weighted by Crippen LogP contribution is -2.49. The minimum atomic E-state index is -0.219. The first-order chi connectivity index (χ1) is 13.2. The molecule has 5 nitrogen and oxygen atoms in total. The molecular formula is C21H24FN3O2. The fourth-order valence-corrected chi connectivity index (χ4v) is 3.70. The number of piperidine rings is 1. The molecule has 0 unspecified atom stereocenters. The van der Waals surface area contributed by atoms with Gasteiger partial charge in [-0.05, 0) is 43.2 Å². The first-order valence-electron chi connectivity index (χ1n) is 9.46. The molecule has 142 valence electrons. The Labute approximate surface area is 158 Å². The van der Waals surface area contributed by atoms with E-state index in [1.807, 2.05) is 41.3 Å². The van der Waals surface area contributed by atoms with Crippen LogP contribution in [0.3, 0.4) is 0 Å². The van der Waals surface area contributed by atoms with Gasteiger partial charge in [0.05, 0.1) is 13.1 Å². The number of hydrogen-bond acceptors (Lipinski definition) is 3. The summed E-state index contributed by atoms with van der Waals surface area (Å²) in [4.78, 5) is 16.8. The Morgan fingerprint density at radius 2 is 1.78 bits per heavy atom. The molecule has 1 fully saturated rings. The quantitative estimate of drug-likeness (QED) is 0.883. The molecule has 0 spiro atoms. The van der Waals surface area contributed by atoms with E-state index < -0.39 is 0 Å². The van der Waals surface area contributed by atoms with Gasteiger partial charge in [0, 0.05) is 30.4 Å². The molecule has 1 saturated heterocycles. The maximum Gasteiger partial charge on any atom is 0.318 e. The Morgan fingerprint density at radius 1 is 1.04 bits per heavy atom. The maximum absolute atomic E-state index is 13.1. The van der Waals surface area contributed by atoms with Gasteiger partial charge in [-0.2, -0.15) is 0 Å². The standard InChI is InChI=1S/C21H24FN3O2/c22-17-5-7-19(8-6-17)24-11-9-18(10-12-24)23-21(26)25-13-14-27-20-4-2-1-3-16(20)15-25/h1-8,18H,9-15H2,(H,23,26). The van der Waals surface area contributed by atoms with Crippen LogP contribution in [0.4, 0.5) is 14.9 Å². The van der Waals surface area contributed by atoms with Crippen LogP contribution in [0.5, 0.6) is 5.75 Å². The van der Waals surface area contributed by atoms with Crippen molar-refractivity contribution in [1.82, 2.24) is 10.2 Å². The number of urea groups is 1. The van der Waals surface area contributed by atoms with Crippen molar-refractivity contribution in [2.45, 2.75) is 25.4 Å². The molecule has 0 atom stereocenters. The third-order valence-corrected chi connectivity index (χ3v) is 5.25. The minimum Gasteiger partial charge on any atom is -0.491 e. The molecule has 2 amide bonds. The van der Waals surface area contributed by atoms with Crippen molar-refractivity contribution in [2.75, 3.05) is 31.1 Å². The molecule has 0 aliphatic carbocycles. The highest BCUT2D eigenvalue weighted by Crippen LogP contribution is 2.23. The van der Waals surface area contributed by atoms with Crippen LogP contribution in [-0.2, 0) is 6.54 Å². The molecule has 2 aromatic rings.